The number of hydrogen-bond donors (Lipinski definition) is 1. The molecular formula is C17H25FN4O. The van der Waals surface area contributed by atoms with E-state index in [1.807, 2.05) is 17.9 Å². The Kier molecular flexibility index (Phi) is 6.38. The number of nitrogens with one attached hydrogen (secondary N) is 1. The maximum Gasteiger partial charge on any atom is 0.219 e. The van der Waals surface area contributed by atoms with Gasteiger partial charge in [0, 0.05) is 46.2 Å². The standard InChI is InChI=1S/C17H25FN4O/c1-3-19-17(22-12-10-21(11-13-22)14(2)23)20-9-8-15-6-4-5-7-16(15)18/h4-7H,3,8-13H2,1-2H3,(H,19,20). The molecule has 1 fully saturated rings. The summed E-state index contributed by atoms with van der Waals surface area (Å²) in [5.74, 6) is 0.779. The van der Waals surface area contributed by atoms with E-state index in [9.17, 15) is 9.18 Å². The number of piperazine rings is 1. The average molecular weight is 320 g/mol. The Hall–Kier alpha value is -2.11. The van der Waals surface area contributed by atoms with Crippen molar-refractivity contribution >= 4 is 11.9 Å². The Balaban J connectivity index is 1.93. The fourth-order valence-corrected chi connectivity index (χ4v) is 2.64. The summed E-state index contributed by atoms with van der Waals surface area (Å²) in [4.78, 5) is 20.0. The lowest BCUT2D eigenvalue weighted by Crippen LogP contribution is -2.53. The first-order valence-corrected chi connectivity index (χ1v) is 8.14. The summed E-state index contributed by atoms with van der Waals surface area (Å²) in [5, 5.41) is 3.28. The van der Waals surface area contributed by atoms with Crippen molar-refractivity contribution in [2.24, 2.45) is 4.99 Å². The summed E-state index contributed by atoms with van der Waals surface area (Å²) >= 11 is 0. The molecule has 1 N–H and O–H groups in total. The van der Waals surface area contributed by atoms with Crippen molar-refractivity contribution < 1.29 is 9.18 Å². The highest BCUT2D eigenvalue weighted by molar-refractivity contribution is 5.80. The van der Waals surface area contributed by atoms with Crippen molar-refractivity contribution in [3.05, 3.63) is 35.6 Å². The second-order valence-electron chi connectivity index (χ2n) is 5.57. The lowest BCUT2D eigenvalue weighted by Gasteiger charge is -2.36. The fraction of sp³-hybridized carbons (Fsp3) is 0.529. The van der Waals surface area contributed by atoms with Gasteiger partial charge in [0.25, 0.3) is 0 Å². The van der Waals surface area contributed by atoms with Crippen LogP contribution in [-0.2, 0) is 11.2 Å². The topological polar surface area (TPSA) is 47.9 Å². The number of hydrogen-bond acceptors (Lipinski definition) is 2. The Morgan fingerprint density at radius 2 is 1.87 bits per heavy atom. The molecule has 1 aliphatic rings. The summed E-state index contributed by atoms with van der Waals surface area (Å²) < 4.78 is 13.6. The van der Waals surface area contributed by atoms with Gasteiger partial charge in [-0.3, -0.25) is 9.79 Å². The first kappa shape index (κ1) is 17.2. The zero-order valence-electron chi connectivity index (χ0n) is 13.9. The molecule has 0 spiro atoms. The van der Waals surface area contributed by atoms with Crippen molar-refractivity contribution in [3.63, 3.8) is 0 Å². The van der Waals surface area contributed by atoms with E-state index in [1.165, 1.54) is 6.07 Å². The number of aliphatic imine (C=N–C) groups is 1. The normalized spacial score (nSPS) is 15.7. The van der Waals surface area contributed by atoms with Crippen LogP contribution in [0.2, 0.25) is 0 Å². The Labute approximate surface area is 137 Å². The van der Waals surface area contributed by atoms with Crippen LogP contribution in [0.5, 0.6) is 0 Å². The highest BCUT2D eigenvalue weighted by Crippen LogP contribution is 2.08. The summed E-state index contributed by atoms with van der Waals surface area (Å²) in [6.45, 7) is 7.92. The van der Waals surface area contributed by atoms with E-state index >= 15 is 0 Å². The van der Waals surface area contributed by atoms with Gasteiger partial charge in [0.05, 0.1) is 0 Å². The molecule has 1 saturated heterocycles. The van der Waals surface area contributed by atoms with Crippen molar-refractivity contribution in [3.8, 4) is 0 Å². The molecule has 1 amide bonds. The van der Waals surface area contributed by atoms with Crippen LogP contribution < -0.4 is 5.32 Å². The minimum absolute atomic E-state index is 0.117. The molecule has 0 saturated carbocycles. The second kappa shape index (κ2) is 8.50. The third-order valence-electron chi connectivity index (χ3n) is 3.96. The minimum Gasteiger partial charge on any atom is -0.357 e. The third-order valence-corrected chi connectivity index (χ3v) is 3.96. The van der Waals surface area contributed by atoms with Gasteiger partial charge in [0.2, 0.25) is 5.91 Å². The lowest BCUT2D eigenvalue weighted by atomic mass is 10.1. The van der Waals surface area contributed by atoms with E-state index in [-0.39, 0.29) is 11.7 Å². The number of rotatable bonds is 4. The molecule has 0 unspecified atom stereocenters. The molecule has 0 bridgehead atoms. The van der Waals surface area contributed by atoms with Crippen molar-refractivity contribution in [2.45, 2.75) is 20.3 Å². The van der Waals surface area contributed by atoms with Gasteiger partial charge >= 0.3 is 0 Å². The minimum atomic E-state index is -0.178. The van der Waals surface area contributed by atoms with Crippen molar-refractivity contribution in [1.82, 2.24) is 15.1 Å². The van der Waals surface area contributed by atoms with E-state index in [2.05, 4.69) is 15.2 Å². The third kappa shape index (κ3) is 4.94. The SMILES string of the molecule is CCNC(=NCCc1ccccc1F)N1CCN(C(C)=O)CC1. The Morgan fingerprint density at radius 1 is 1.22 bits per heavy atom. The van der Waals surface area contributed by atoms with Gasteiger partial charge in [-0.25, -0.2) is 4.39 Å². The molecule has 23 heavy (non-hydrogen) atoms. The first-order chi connectivity index (χ1) is 11.1. The van der Waals surface area contributed by atoms with E-state index in [0.717, 1.165) is 25.6 Å². The van der Waals surface area contributed by atoms with Gasteiger partial charge < -0.3 is 15.1 Å². The summed E-state index contributed by atoms with van der Waals surface area (Å²) in [7, 11) is 0. The van der Waals surface area contributed by atoms with Gasteiger partial charge in [-0.1, -0.05) is 18.2 Å². The molecule has 2 rings (SSSR count). The molecule has 5 nitrogen and oxygen atoms in total. The van der Waals surface area contributed by atoms with E-state index in [4.69, 9.17) is 0 Å². The van der Waals surface area contributed by atoms with E-state index in [0.29, 0.717) is 31.6 Å². The van der Waals surface area contributed by atoms with Crippen LogP contribution in [0.1, 0.15) is 19.4 Å². The molecule has 1 heterocycles. The summed E-state index contributed by atoms with van der Waals surface area (Å²) in [6, 6.07) is 6.81. The van der Waals surface area contributed by atoms with Crippen LogP contribution in [0.15, 0.2) is 29.3 Å². The number of carbonyl (C=O) groups is 1. The highest BCUT2D eigenvalue weighted by Gasteiger charge is 2.20. The van der Waals surface area contributed by atoms with Gasteiger partial charge in [0.15, 0.2) is 5.96 Å². The molecule has 0 aromatic heterocycles. The second-order valence-corrected chi connectivity index (χ2v) is 5.57. The number of guanidine groups is 1. The highest BCUT2D eigenvalue weighted by atomic mass is 19.1. The molecule has 1 aliphatic heterocycles. The number of carbonyl (C=O) groups excluding carboxylic acids is 1. The van der Waals surface area contributed by atoms with Crippen LogP contribution >= 0.6 is 0 Å². The molecule has 0 aliphatic carbocycles. The zero-order chi connectivity index (χ0) is 16.7. The van der Waals surface area contributed by atoms with Gasteiger partial charge in [-0.15, -0.1) is 0 Å². The van der Waals surface area contributed by atoms with Gasteiger partial charge in [0.1, 0.15) is 5.82 Å². The number of benzene rings is 1. The lowest BCUT2D eigenvalue weighted by molar-refractivity contribution is -0.130. The van der Waals surface area contributed by atoms with Gasteiger partial charge in [-0.05, 0) is 25.0 Å². The van der Waals surface area contributed by atoms with Crippen molar-refractivity contribution in [1.29, 1.82) is 0 Å². The Morgan fingerprint density at radius 3 is 2.48 bits per heavy atom. The van der Waals surface area contributed by atoms with Crippen LogP contribution in [0.4, 0.5) is 4.39 Å². The molecule has 126 valence electrons. The number of amides is 1. The summed E-state index contributed by atoms with van der Waals surface area (Å²) in [5.41, 5.74) is 0.688. The first-order valence-electron chi connectivity index (χ1n) is 8.14. The number of nitrogens with zero attached hydrogens (tertiary/aromatic N) is 3. The predicted molar refractivity (Wildman–Crippen MR) is 89.9 cm³/mol. The monoisotopic (exact) mass is 320 g/mol. The molecule has 0 radical (unpaired) electrons. The van der Waals surface area contributed by atoms with Crippen LogP contribution in [0.25, 0.3) is 0 Å². The average Bonchev–Trinajstić information content (AvgIpc) is 2.56. The van der Waals surface area contributed by atoms with Crippen LogP contribution in [-0.4, -0.2) is 60.9 Å². The van der Waals surface area contributed by atoms with Crippen molar-refractivity contribution in [2.75, 3.05) is 39.3 Å². The predicted octanol–water partition coefficient (Wildman–Crippen LogP) is 1.50. The smallest absolute Gasteiger partial charge is 0.219 e. The summed E-state index contributed by atoms with van der Waals surface area (Å²) in [6.07, 6.45) is 0.578. The quantitative estimate of drug-likeness (QED) is 0.675. The molecule has 1 aromatic carbocycles. The fourth-order valence-electron chi connectivity index (χ4n) is 2.64. The zero-order valence-corrected chi connectivity index (χ0v) is 13.9. The van der Waals surface area contributed by atoms with Crippen LogP contribution in [0.3, 0.4) is 0 Å². The molecular weight excluding hydrogens is 295 g/mol. The molecule has 6 heteroatoms. The van der Waals surface area contributed by atoms with Crippen LogP contribution in [0, 0.1) is 5.82 Å². The molecule has 1 aromatic rings. The van der Waals surface area contributed by atoms with E-state index < -0.39 is 0 Å². The maximum absolute atomic E-state index is 13.6. The van der Waals surface area contributed by atoms with Gasteiger partial charge in [-0.2, -0.15) is 0 Å². The van der Waals surface area contributed by atoms with E-state index in [1.54, 1.807) is 19.1 Å². The molecule has 0 atom stereocenters. The Bertz CT molecular complexity index is 553. The largest absolute Gasteiger partial charge is 0.357 e. The number of halogens is 1. The maximum atomic E-state index is 13.6.